The van der Waals surface area contributed by atoms with E-state index in [2.05, 4.69) is 0 Å². The van der Waals surface area contributed by atoms with E-state index in [1.165, 1.54) is 6.08 Å². The minimum absolute atomic E-state index is 0.538. The van der Waals surface area contributed by atoms with E-state index < -0.39 is 0 Å². The number of aldehydes is 1. The molecule has 13 heavy (non-hydrogen) atoms. The maximum Gasteiger partial charge on any atom is 0.142 e. The molecule has 1 aromatic carbocycles. The van der Waals surface area contributed by atoms with Crippen molar-refractivity contribution in [2.24, 2.45) is 0 Å². The topological polar surface area (TPSA) is 26.3 Å². The van der Waals surface area contributed by atoms with E-state index in [0.29, 0.717) is 10.8 Å². The third-order valence-corrected chi connectivity index (χ3v) is 1.84. The summed E-state index contributed by atoms with van der Waals surface area (Å²) in [6, 6.07) is 5.32. The van der Waals surface area contributed by atoms with Gasteiger partial charge in [0.2, 0.25) is 0 Å². The van der Waals surface area contributed by atoms with E-state index in [1.54, 1.807) is 25.3 Å². The van der Waals surface area contributed by atoms with Crippen molar-refractivity contribution in [3.8, 4) is 5.75 Å². The van der Waals surface area contributed by atoms with Gasteiger partial charge in [-0.2, -0.15) is 0 Å². The molecule has 0 bridgehead atoms. The zero-order chi connectivity index (χ0) is 9.68. The summed E-state index contributed by atoms with van der Waals surface area (Å²) in [6.45, 7) is 0. The van der Waals surface area contributed by atoms with Gasteiger partial charge in [0, 0.05) is 0 Å². The molecule has 0 aliphatic carbocycles. The second-order valence-corrected chi connectivity index (χ2v) is 2.80. The van der Waals surface area contributed by atoms with E-state index in [-0.39, 0.29) is 0 Å². The highest BCUT2D eigenvalue weighted by atomic mass is 35.5. The summed E-state index contributed by atoms with van der Waals surface area (Å²) < 4.78 is 4.98. The molecule has 0 aliphatic heterocycles. The maximum atomic E-state index is 10.0. The number of halogens is 1. The van der Waals surface area contributed by atoms with E-state index in [0.717, 1.165) is 11.8 Å². The van der Waals surface area contributed by atoms with Crippen LogP contribution < -0.4 is 4.74 Å². The van der Waals surface area contributed by atoms with Gasteiger partial charge in [-0.05, 0) is 23.8 Å². The van der Waals surface area contributed by atoms with Crippen LogP contribution >= 0.6 is 11.6 Å². The molecule has 0 unspecified atom stereocenters. The van der Waals surface area contributed by atoms with Crippen LogP contribution in [0.5, 0.6) is 5.75 Å². The predicted octanol–water partition coefficient (Wildman–Crippen LogP) is 2.56. The Morgan fingerprint density at radius 2 is 2.23 bits per heavy atom. The number of rotatable bonds is 3. The Bertz CT molecular complexity index is 332. The number of benzene rings is 1. The lowest BCUT2D eigenvalue weighted by Gasteiger charge is -2.02. The fourth-order valence-electron chi connectivity index (χ4n) is 0.937. The Labute approximate surface area is 81.8 Å². The van der Waals surface area contributed by atoms with Gasteiger partial charge in [0.25, 0.3) is 0 Å². The average Bonchev–Trinajstić information content (AvgIpc) is 2.15. The third kappa shape index (κ3) is 2.60. The summed E-state index contributed by atoms with van der Waals surface area (Å²) in [5, 5.41) is 0.538. The molecule has 2 nitrogen and oxygen atoms in total. The van der Waals surface area contributed by atoms with E-state index in [4.69, 9.17) is 16.3 Å². The van der Waals surface area contributed by atoms with Gasteiger partial charge in [-0.15, -0.1) is 0 Å². The fourth-order valence-corrected chi connectivity index (χ4v) is 1.20. The van der Waals surface area contributed by atoms with Crippen LogP contribution in [-0.2, 0) is 4.79 Å². The number of hydrogen-bond acceptors (Lipinski definition) is 2. The molecule has 1 aromatic rings. The molecule has 0 saturated heterocycles. The zero-order valence-corrected chi connectivity index (χ0v) is 7.91. The number of carbonyl (C=O) groups excluding carboxylic acids is 1. The first-order chi connectivity index (χ1) is 6.27. The number of ether oxygens (including phenoxy) is 1. The van der Waals surface area contributed by atoms with Crippen molar-refractivity contribution >= 4 is 24.0 Å². The van der Waals surface area contributed by atoms with E-state index >= 15 is 0 Å². The first-order valence-corrected chi connectivity index (χ1v) is 4.11. The Balaban J connectivity index is 2.95. The van der Waals surface area contributed by atoms with Gasteiger partial charge in [0.05, 0.1) is 12.1 Å². The van der Waals surface area contributed by atoms with Gasteiger partial charge in [-0.1, -0.05) is 23.7 Å². The Kier molecular flexibility index (Phi) is 3.53. The average molecular weight is 197 g/mol. The molecule has 0 heterocycles. The molecule has 0 spiro atoms. The lowest BCUT2D eigenvalue weighted by Crippen LogP contribution is -1.83. The molecule has 1 rings (SSSR count). The van der Waals surface area contributed by atoms with Crippen molar-refractivity contribution in [1.82, 2.24) is 0 Å². The van der Waals surface area contributed by atoms with Gasteiger partial charge >= 0.3 is 0 Å². The molecule has 0 N–H and O–H groups in total. The summed E-state index contributed by atoms with van der Waals surface area (Å²) in [4.78, 5) is 10.0. The molecule has 0 radical (unpaired) electrons. The van der Waals surface area contributed by atoms with Crippen LogP contribution in [0.4, 0.5) is 0 Å². The molecular weight excluding hydrogens is 188 g/mol. The van der Waals surface area contributed by atoms with Crippen LogP contribution in [0.2, 0.25) is 5.02 Å². The lowest BCUT2D eigenvalue weighted by molar-refractivity contribution is -0.104. The monoisotopic (exact) mass is 196 g/mol. The largest absolute Gasteiger partial charge is 0.495 e. The lowest BCUT2D eigenvalue weighted by atomic mass is 10.2. The van der Waals surface area contributed by atoms with Crippen molar-refractivity contribution in [1.29, 1.82) is 0 Å². The molecule has 3 heteroatoms. The number of hydrogen-bond donors (Lipinski definition) is 0. The Morgan fingerprint density at radius 3 is 2.77 bits per heavy atom. The molecule has 0 fully saturated rings. The summed E-state index contributed by atoms with van der Waals surface area (Å²) in [7, 11) is 1.56. The van der Waals surface area contributed by atoms with Crippen LogP contribution in [0.15, 0.2) is 24.3 Å². The van der Waals surface area contributed by atoms with Gasteiger partial charge in [-0.25, -0.2) is 0 Å². The molecular formula is C10H9ClO2. The zero-order valence-electron chi connectivity index (χ0n) is 7.16. The normalized spacial score (nSPS) is 10.3. The Hall–Kier alpha value is -1.28. The van der Waals surface area contributed by atoms with Gasteiger partial charge in [0.15, 0.2) is 0 Å². The molecule has 0 aromatic heterocycles. The van der Waals surface area contributed by atoms with E-state index in [9.17, 15) is 4.79 Å². The first kappa shape index (κ1) is 9.81. The Morgan fingerprint density at radius 1 is 1.46 bits per heavy atom. The van der Waals surface area contributed by atoms with Gasteiger partial charge in [0.1, 0.15) is 12.0 Å². The fraction of sp³-hybridized carbons (Fsp3) is 0.100. The second kappa shape index (κ2) is 4.67. The second-order valence-electron chi connectivity index (χ2n) is 2.39. The highest BCUT2D eigenvalue weighted by molar-refractivity contribution is 6.32. The number of carbonyl (C=O) groups is 1. The van der Waals surface area contributed by atoms with Crippen molar-refractivity contribution < 1.29 is 9.53 Å². The molecule has 0 aliphatic rings. The minimum atomic E-state index is 0.538. The number of methoxy groups -OCH3 is 1. The summed E-state index contributed by atoms with van der Waals surface area (Å²) in [6.07, 6.45) is 3.81. The molecule has 0 atom stereocenters. The standard InChI is InChI=1S/C10H9ClO2/c1-13-10-5-4-8(3-2-6-12)7-9(10)11/h2-7H,1H3. The van der Waals surface area contributed by atoms with Gasteiger partial charge < -0.3 is 4.74 Å². The van der Waals surface area contributed by atoms with Crippen LogP contribution in [-0.4, -0.2) is 13.4 Å². The highest BCUT2D eigenvalue weighted by Crippen LogP contribution is 2.25. The molecule has 0 amide bonds. The minimum Gasteiger partial charge on any atom is -0.495 e. The third-order valence-electron chi connectivity index (χ3n) is 1.54. The molecule has 0 saturated carbocycles. The first-order valence-electron chi connectivity index (χ1n) is 3.73. The molecule has 68 valence electrons. The van der Waals surface area contributed by atoms with Crippen LogP contribution in [0.1, 0.15) is 5.56 Å². The van der Waals surface area contributed by atoms with Crippen LogP contribution in [0.25, 0.3) is 6.08 Å². The van der Waals surface area contributed by atoms with Crippen LogP contribution in [0.3, 0.4) is 0 Å². The van der Waals surface area contributed by atoms with Crippen molar-refractivity contribution in [2.45, 2.75) is 0 Å². The summed E-state index contributed by atoms with van der Waals surface area (Å²) in [5.41, 5.74) is 0.873. The van der Waals surface area contributed by atoms with Crippen molar-refractivity contribution in [3.05, 3.63) is 34.9 Å². The quantitative estimate of drug-likeness (QED) is 0.549. The maximum absolute atomic E-state index is 10.0. The van der Waals surface area contributed by atoms with E-state index in [1.807, 2.05) is 6.07 Å². The van der Waals surface area contributed by atoms with Crippen LogP contribution in [0, 0.1) is 0 Å². The number of allylic oxidation sites excluding steroid dienone is 1. The predicted molar refractivity (Wildman–Crippen MR) is 53.1 cm³/mol. The van der Waals surface area contributed by atoms with Crippen molar-refractivity contribution in [3.63, 3.8) is 0 Å². The smallest absolute Gasteiger partial charge is 0.142 e. The van der Waals surface area contributed by atoms with Crippen molar-refractivity contribution in [2.75, 3.05) is 7.11 Å². The highest BCUT2D eigenvalue weighted by Gasteiger charge is 1.98. The van der Waals surface area contributed by atoms with Gasteiger partial charge in [-0.3, -0.25) is 4.79 Å². The summed E-state index contributed by atoms with van der Waals surface area (Å²) >= 11 is 5.86. The summed E-state index contributed by atoms with van der Waals surface area (Å²) in [5.74, 6) is 0.630. The SMILES string of the molecule is COc1ccc(C=CC=O)cc1Cl.